The number of hydrogen-bond acceptors (Lipinski definition) is 1. The van der Waals surface area contributed by atoms with Crippen molar-refractivity contribution in [3.8, 4) is 0 Å². The van der Waals surface area contributed by atoms with Crippen LogP contribution in [0.25, 0.3) is 0 Å². The molecule has 0 bridgehead atoms. The third-order valence-electron chi connectivity index (χ3n) is 2.58. The summed E-state index contributed by atoms with van der Waals surface area (Å²) in [7, 11) is 0. The molecule has 1 unspecified atom stereocenters. The summed E-state index contributed by atoms with van der Waals surface area (Å²) in [5, 5.41) is 3.60. The van der Waals surface area contributed by atoms with Crippen LogP contribution in [0.15, 0.2) is 27.1 Å². The summed E-state index contributed by atoms with van der Waals surface area (Å²) in [6.07, 6.45) is 1.16. The predicted molar refractivity (Wildman–Crippen MR) is 77.7 cm³/mol. The van der Waals surface area contributed by atoms with Gasteiger partial charge in [0.05, 0.1) is 0 Å². The quantitative estimate of drug-likeness (QED) is 0.797. The average molecular weight is 349 g/mol. The Morgan fingerprint density at radius 3 is 2.44 bits per heavy atom. The Kier molecular flexibility index (Phi) is 6.01. The highest BCUT2D eigenvalue weighted by atomic mass is 79.9. The number of benzene rings is 1. The fourth-order valence-electron chi connectivity index (χ4n) is 1.76. The van der Waals surface area contributed by atoms with Gasteiger partial charge in [-0.2, -0.15) is 0 Å². The molecule has 1 nitrogen and oxygen atoms in total. The average Bonchev–Trinajstić information content (AvgIpc) is 2.20. The van der Waals surface area contributed by atoms with Crippen LogP contribution >= 0.6 is 31.9 Å². The Morgan fingerprint density at radius 2 is 1.94 bits per heavy atom. The van der Waals surface area contributed by atoms with Gasteiger partial charge in [-0.05, 0) is 36.6 Å². The standard InChI is InChI=1S/C13H19Br2N/c1-4-7-16-13(9(2)3)11-6-5-10(14)8-12(11)15/h5-6,8-9,13,16H,4,7H2,1-3H3. The van der Waals surface area contributed by atoms with E-state index in [9.17, 15) is 0 Å². The van der Waals surface area contributed by atoms with E-state index in [0.717, 1.165) is 17.4 Å². The lowest BCUT2D eigenvalue weighted by Crippen LogP contribution is -2.26. The molecule has 90 valence electrons. The minimum absolute atomic E-state index is 0.419. The summed E-state index contributed by atoms with van der Waals surface area (Å²) >= 11 is 7.12. The highest BCUT2D eigenvalue weighted by molar-refractivity contribution is 9.11. The Hall–Kier alpha value is 0.140. The molecule has 0 aromatic heterocycles. The van der Waals surface area contributed by atoms with Crippen LogP contribution in [0.1, 0.15) is 38.8 Å². The summed E-state index contributed by atoms with van der Waals surface area (Å²) in [5.41, 5.74) is 1.34. The number of nitrogens with one attached hydrogen (secondary N) is 1. The van der Waals surface area contributed by atoms with Gasteiger partial charge in [0, 0.05) is 15.0 Å². The zero-order valence-corrected chi connectivity index (χ0v) is 13.2. The van der Waals surface area contributed by atoms with Crippen molar-refractivity contribution >= 4 is 31.9 Å². The van der Waals surface area contributed by atoms with Crippen LogP contribution in [-0.2, 0) is 0 Å². The lowest BCUT2D eigenvalue weighted by molar-refractivity contribution is 0.411. The molecular formula is C13H19Br2N. The van der Waals surface area contributed by atoms with Gasteiger partial charge >= 0.3 is 0 Å². The monoisotopic (exact) mass is 347 g/mol. The molecule has 0 aliphatic carbocycles. The smallest absolute Gasteiger partial charge is 0.0354 e. The first-order valence-corrected chi connectivity index (χ1v) is 7.33. The number of rotatable bonds is 5. The first kappa shape index (κ1) is 14.2. The van der Waals surface area contributed by atoms with Gasteiger partial charge in [-0.25, -0.2) is 0 Å². The first-order valence-electron chi connectivity index (χ1n) is 5.74. The Morgan fingerprint density at radius 1 is 1.25 bits per heavy atom. The third kappa shape index (κ3) is 3.86. The predicted octanol–water partition coefficient (Wildman–Crippen LogP) is 4.91. The molecule has 1 rings (SSSR count). The Bertz CT molecular complexity index is 337. The van der Waals surface area contributed by atoms with E-state index in [1.807, 2.05) is 0 Å². The van der Waals surface area contributed by atoms with Gasteiger partial charge in [0.1, 0.15) is 0 Å². The summed E-state index contributed by atoms with van der Waals surface area (Å²) in [5.74, 6) is 0.587. The summed E-state index contributed by atoms with van der Waals surface area (Å²) in [4.78, 5) is 0. The summed E-state index contributed by atoms with van der Waals surface area (Å²) < 4.78 is 2.28. The van der Waals surface area contributed by atoms with Gasteiger partial charge in [-0.15, -0.1) is 0 Å². The fourth-order valence-corrected chi connectivity index (χ4v) is 3.05. The van der Waals surface area contributed by atoms with Crippen molar-refractivity contribution in [3.05, 3.63) is 32.7 Å². The van der Waals surface area contributed by atoms with Gasteiger partial charge in [0.15, 0.2) is 0 Å². The van der Waals surface area contributed by atoms with Crippen LogP contribution in [0.2, 0.25) is 0 Å². The van der Waals surface area contributed by atoms with Crippen molar-refractivity contribution in [1.82, 2.24) is 5.32 Å². The van der Waals surface area contributed by atoms with Crippen molar-refractivity contribution in [1.29, 1.82) is 0 Å². The molecule has 0 fully saturated rings. The van der Waals surface area contributed by atoms with E-state index in [1.54, 1.807) is 0 Å². The van der Waals surface area contributed by atoms with Gasteiger partial charge in [0.25, 0.3) is 0 Å². The lowest BCUT2D eigenvalue weighted by Gasteiger charge is -2.24. The second-order valence-corrected chi connectivity index (χ2v) is 6.11. The summed E-state index contributed by atoms with van der Waals surface area (Å²) in [6.45, 7) is 7.76. The Labute approximate surface area is 115 Å². The molecule has 1 N–H and O–H groups in total. The molecule has 3 heteroatoms. The molecule has 0 amide bonds. The van der Waals surface area contributed by atoms with Crippen LogP contribution in [0.4, 0.5) is 0 Å². The van der Waals surface area contributed by atoms with E-state index in [-0.39, 0.29) is 0 Å². The number of halogens is 2. The van der Waals surface area contributed by atoms with Gasteiger partial charge in [-0.3, -0.25) is 0 Å². The van der Waals surface area contributed by atoms with Crippen molar-refractivity contribution in [2.75, 3.05) is 6.54 Å². The van der Waals surface area contributed by atoms with Crippen molar-refractivity contribution < 1.29 is 0 Å². The molecule has 0 saturated carbocycles. The first-order chi connectivity index (χ1) is 7.56. The van der Waals surface area contributed by atoms with E-state index < -0.39 is 0 Å². The molecule has 0 radical (unpaired) electrons. The Balaban J connectivity index is 2.92. The maximum absolute atomic E-state index is 3.64. The number of hydrogen-bond donors (Lipinski definition) is 1. The van der Waals surface area contributed by atoms with Gasteiger partial charge in [-0.1, -0.05) is 58.7 Å². The zero-order chi connectivity index (χ0) is 12.1. The molecule has 1 aromatic rings. The van der Waals surface area contributed by atoms with Crippen molar-refractivity contribution in [2.45, 2.75) is 33.2 Å². The highest BCUT2D eigenvalue weighted by Gasteiger charge is 2.17. The van der Waals surface area contributed by atoms with E-state index in [0.29, 0.717) is 12.0 Å². The lowest BCUT2D eigenvalue weighted by atomic mass is 9.96. The highest BCUT2D eigenvalue weighted by Crippen LogP contribution is 2.30. The van der Waals surface area contributed by atoms with Crippen molar-refractivity contribution in [2.24, 2.45) is 5.92 Å². The zero-order valence-electron chi connectivity index (χ0n) is 10.1. The van der Waals surface area contributed by atoms with Gasteiger partial charge < -0.3 is 5.32 Å². The van der Waals surface area contributed by atoms with E-state index >= 15 is 0 Å². The van der Waals surface area contributed by atoms with Crippen LogP contribution < -0.4 is 5.32 Å². The van der Waals surface area contributed by atoms with Gasteiger partial charge in [0.2, 0.25) is 0 Å². The largest absolute Gasteiger partial charge is 0.310 e. The minimum atomic E-state index is 0.419. The SMILES string of the molecule is CCCNC(c1ccc(Br)cc1Br)C(C)C. The van der Waals surface area contributed by atoms with Crippen LogP contribution in [0.3, 0.4) is 0 Å². The van der Waals surface area contributed by atoms with Crippen molar-refractivity contribution in [3.63, 3.8) is 0 Å². The van der Waals surface area contributed by atoms with E-state index in [1.165, 1.54) is 10.0 Å². The molecule has 0 saturated heterocycles. The van der Waals surface area contributed by atoms with Crippen LogP contribution in [0, 0.1) is 5.92 Å². The van der Waals surface area contributed by atoms with Crippen LogP contribution in [-0.4, -0.2) is 6.54 Å². The molecule has 1 atom stereocenters. The maximum Gasteiger partial charge on any atom is 0.0354 e. The molecule has 1 aromatic carbocycles. The molecule has 16 heavy (non-hydrogen) atoms. The second-order valence-electron chi connectivity index (χ2n) is 4.34. The summed E-state index contributed by atoms with van der Waals surface area (Å²) in [6, 6.07) is 6.81. The molecule has 0 heterocycles. The molecule has 0 spiro atoms. The van der Waals surface area contributed by atoms with E-state index in [4.69, 9.17) is 0 Å². The van der Waals surface area contributed by atoms with Crippen LogP contribution in [0.5, 0.6) is 0 Å². The molecule has 0 aliphatic heterocycles. The maximum atomic E-state index is 3.64. The normalized spacial score (nSPS) is 13.1. The fraction of sp³-hybridized carbons (Fsp3) is 0.538. The second kappa shape index (κ2) is 6.77. The molecule has 0 aliphatic rings. The topological polar surface area (TPSA) is 12.0 Å². The minimum Gasteiger partial charge on any atom is -0.310 e. The van der Waals surface area contributed by atoms with E-state index in [2.05, 4.69) is 76.1 Å². The molecular weight excluding hydrogens is 330 g/mol. The third-order valence-corrected chi connectivity index (χ3v) is 3.76.